The van der Waals surface area contributed by atoms with E-state index in [1.807, 2.05) is 0 Å². The van der Waals surface area contributed by atoms with Crippen molar-refractivity contribution < 1.29 is 19.0 Å². The first-order valence-corrected chi connectivity index (χ1v) is 5.86. The summed E-state index contributed by atoms with van der Waals surface area (Å²) in [6.07, 6.45) is 0.267. The molecule has 1 aromatic carbocycles. The van der Waals surface area contributed by atoms with Crippen molar-refractivity contribution >= 4 is 5.97 Å². The summed E-state index contributed by atoms with van der Waals surface area (Å²) in [5.74, 6) is -1.76. The Bertz CT molecular complexity index is 423. The lowest BCUT2D eigenvalue weighted by Gasteiger charge is -2.15. The normalized spacial score (nSPS) is 14.0. The maximum atomic E-state index is 13.6. The fourth-order valence-corrected chi connectivity index (χ4v) is 1.64. The smallest absolute Gasteiger partial charge is 0.306 e. The molecule has 1 rings (SSSR count). The monoisotopic (exact) mass is 255 g/mol. The van der Waals surface area contributed by atoms with Gasteiger partial charge in [-0.25, -0.2) is 4.39 Å². The highest BCUT2D eigenvalue weighted by molar-refractivity contribution is 5.69. The van der Waals surface area contributed by atoms with E-state index in [1.165, 1.54) is 12.1 Å². The van der Waals surface area contributed by atoms with Crippen LogP contribution >= 0.6 is 0 Å². The van der Waals surface area contributed by atoms with E-state index in [9.17, 15) is 9.18 Å². The topological polar surface area (TPSA) is 72.5 Å². The van der Waals surface area contributed by atoms with E-state index in [4.69, 9.17) is 15.6 Å². The fraction of sp³-hybridized carbons (Fsp3) is 0.462. The largest absolute Gasteiger partial charge is 0.491 e. The fourth-order valence-electron chi connectivity index (χ4n) is 1.64. The predicted molar refractivity (Wildman–Crippen MR) is 65.9 cm³/mol. The van der Waals surface area contributed by atoms with Crippen LogP contribution in [0.2, 0.25) is 0 Å². The molecular weight excluding hydrogens is 237 g/mol. The molecule has 0 heterocycles. The van der Waals surface area contributed by atoms with E-state index < -0.39 is 23.7 Å². The maximum absolute atomic E-state index is 13.6. The van der Waals surface area contributed by atoms with Crippen molar-refractivity contribution in [1.82, 2.24) is 0 Å². The number of rotatable bonds is 6. The summed E-state index contributed by atoms with van der Waals surface area (Å²) in [6.45, 7) is 3.74. The van der Waals surface area contributed by atoms with Crippen LogP contribution in [0.3, 0.4) is 0 Å². The molecule has 0 bridgehead atoms. The second-order valence-electron chi connectivity index (χ2n) is 4.20. The standard InChI is InChI=1S/C13H18FNO3/c1-3-18-12-5-4-9(7-10(12)14)11(15)6-8(2)13(16)17/h4-5,7-8,11H,3,6,15H2,1-2H3,(H,16,17). The number of halogens is 1. The SMILES string of the molecule is CCOc1ccc(C(N)CC(C)C(=O)O)cc1F. The van der Waals surface area contributed by atoms with Crippen molar-refractivity contribution in [3.8, 4) is 5.75 Å². The summed E-state index contributed by atoms with van der Waals surface area (Å²) in [4.78, 5) is 10.7. The number of carbonyl (C=O) groups is 1. The number of nitrogens with two attached hydrogens (primary N) is 1. The van der Waals surface area contributed by atoms with Gasteiger partial charge in [0.25, 0.3) is 0 Å². The van der Waals surface area contributed by atoms with Gasteiger partial charge in [0.2, 0.25) is 0 Å². The Hall–Kier alpha value is -1.62. The second kappa shape index (κ2) is 6.35. The van der Waals surface area contributed by atoms with Gasteiger partial charge in [-0.2, -0.15) is 0 Å². The van der Waals surface area contributed by atoms with E-state index >= 15 is 0 Å². The van der Waals surface area contributed by atoms with Crippen molar-refractivity contribution in [2.45, 2.75) is 26.3 Å². The molecule has 0 aromatic heterocycles. The minimum Gasteiger partial charge on any atom is -0.491 e. The molecule has 4 nitrogen and oxygen atoms in total. The predicted octanol–water partition coefficient (Wildman–Crippen LogP) is 2.33. The zero-order chi connectivity index (χ0) is 13.7. The van der Waals surface area contributed by atoms with Gasteiger partial charge in [-0.05, 0) is 31.0 Å². The lowest BCUT2D eigenvalue weighted by molar-refractivity contribution is -0.141. The third-order valence-corrected chi connectivity index (χ3v) is 2.71. The van der Waals surface area contributed by atoms with Gasteiger partial charge in [0.1, 0.15) is 0 Å². The Balaban J connectivity index is 2.77. The lowest BCUT2D eigenvalue weighted by Crippen LogP contribution is -2.19. The van der Waals surface area contributed by atoms with Gasteiger partial charge >= 0.3 is 5.97 Å². The first-order chi connectivity index (χ1) is 8.45. The molecule has 0 aliphatic carbocycles. The molecule has 0 fully saturated rings. The molecule has 0 aliphatic rings. The third-order valence-electron chi connectivity index (χ3n) is 2.71. The van der Waals surface area contributed by atoms with Gasteiger partial charge in [-0.1, -0.05) is 13.0 Å². The van der Waals surface area contributed by atoms with Crippen LogP contribution < -0.4 is 10.5 Å². The van der Waals surface area contributed by atoms with Gasteiger partial charge in [0.05, 0.1) is 12.5 Å². The van der Waals surface area contributed by atoms with Crippen molar-refractivity contribution in [3.05, 3.63) is 29.6 Å². The molecule has 3 N–H and O–H groups in total. The highest BCUT2D eigenvalue weighted by atomic mass is 19.1. The first-order valence-electron chi connectivity index (χ1n) is 5.86. The molecule has 0 saturated carbocycles. The van der Waals surface area contributed by atoms with Crippen LogP contribution in [0.5, 0.6) is 5.75 Å². The number of aliphatic carboxylic acids is 1. The third kappa shape index (κ3) is 3.70. The number of ether oxygens (including phenoxy) is 1. The molecule has 0 aliphatic heterocycles. The molecule has 5 heteroatoms. The van der Waals surface area contributed by atoms with E-state index in [1.54, 1.807) is 19.9 Å². The molecule has 0 amide bonds. The van der Waals surface area contributed by atoms with Crippen LogP contribution in [0.4, 0.5) is 4.39 Å². The Morgan fingerprint density at radius 2 is 2.22 bits per heavy atom. The van der Waals surface area contributed by atoms with Crippen molar-refractivity contribution in [2.24, 2.45) is 11.7 Å². The van der Waals surface area contributed by atoms with Crippen LogP contribution in [-0.2, 0) is 4.79 Å². The van der Waals surface area contributed by atoms with Gasteiger partial charge in [0.15, 0.2) is 11.6 Å². The summed E-state index contributed by atoms with van der Waals surface area (Å²) in [5, 5.41) is 8.80. The number of benzene rings is 1. The summed E-state index contributed by atoms with van der Waals surface area (Å²) in [5.41, 5.74) is 6.43. The van der Waals surface area contributed by atoms with E-state index in [2.05, 4.69) is 0 Å². The Morgan fingerprint density at radius 3 is 2.72 bits per heavy atom. The van der Waals surface area contributed by atoms with Gasteiger partial charge in [-0.15, -0.1) is 0 Å². The molecule has 1 aromatic rings. The van der Waals surface area contributed by atoms with Crippen LogP contribution in [0.1, 0.15) is 31.9 Å². The molecule has 100 valence electrons. The quantitative estimate of drug-likeness (QED) is 0.818. The molecule has 18 heavy (non-hydrogen) atoms. The molecule has 0 spiro atoms. The zero-order valence-electron chi connectivity index (χ0n) is 10.5. The number of hydrogen-bond acceptors (Lipinski definition) is 3. The summed E-state index contributed by atoms with van der Waals surface area (Å²) in [7, 11) is 0. The molecule has 0 radical (unpaired) electrons. The minimum absolute atomic E-state index is 0.180. The van der Waals surface area contributed by atoms with Gasteiger partial charge in [-0.3, -0.25) is 4.79 Å². The van der Waals surface area contributed by atoms with Crippen LogP contribution in [-0.4, -0.2) is 17.7 Å². The Labute approximate surface area is 106 Å². The zero-order valence-corrected chi connectivity index (χ0v) is 10.5. The lowest BCUT2D eigenvalue weighted by atomic mass is 9.96. The minimum atomic E-state index is -0.906. The van der Waals surface area contributed by atoms with Crippen LogP contribution in [0.25, 0.3) is 0 Å². The van der Waals surface area contributed by atoms with E-state index in [-0.39, 0.29) is 12.2 Å². The maximum Gasteiger partial charge on any atom is 0.306 e. The van der Waals surface area contributed by atoms with Gasteiger partial charge < -0.3 is 15.6 Å². The molecular formula is C13H18FNO3. The van der Waals surface area contributed by atoms with Gasteiger partial charge in [0, 0.05) is 6.04 Å². The molecule has 2 unspecified atom stereocenters. The van der Waals surface area contributed by atoms with E-state index in [0.717, 1.165) is 0 Å². The van der Waals surface area contributed by atoms with Crippen molar-refractivity contribution in [1.29, 1.82) is 0 Å². The number of carboxylic acids is 1. The molecule has 2 atom stereocenters. The summed E-state index contributed by atoms with van der Waals surface area (Å²) in [6, 6.07) is 3.97. The summed E-state index contributed by atoms with van der Waals surface area (Å²) < 4.78 is 18.7. The summed E-state index contributed by atoms with van der Waals surface area (Å²) >= 11 is 0. The number of carboxylic acid groups (broad SMARTS) is 1. The van der Waals surface area contributed by atoms with E-state index in [0.29, 0.717) is 12.2 Å². The number of hydrogen-bond donors (Lipinski definition) is 2. The van der Waals surface area contributed by atoms with Crippen LogP contribution in [0.15, 0.2) is 18.2 Å². The van der Waals surface area contributed by atoms with Crippen LogP contribution in [0, 0.1) is 11.7 Å². The highest BCUT2D eigenvalue weighted by Gasteiger charge is 2.17. The molecule has 0 saturated heterocycles. The first kappa shape index (κ1) is 14.4. The average molecular weight is 255 g/mol. The Kier molecular flexibility index (Phi) is 5.09. The van der Waals surface area contributed by atoms with Crippen molar-refractivity contribution in [3.63, 3.8) is 0 Å². The highest BCUT2D eigenvalue weighted by Crippen LogP contribution is 2.24. The second-order valence-corrected chi connectivity index (χ2v) is 4.20. The average Bonchev–Trinajstić information content (AvgIpc) is 2.31. The van der Waals surface area contributed by atoms with Crippen molar-refractivity contribution in [2.75, 3.05) is 6.61 Å². The Morgan fingerprint density at radius 1 is 1.56 bits per heavy atom.